The van der Waals surface area contributed by atoms with Gasteiger partial charge in [0.25, 0.3) is 0 Å². The highest BCUT2D eigenvalue weighted by Crippen LogP contribution is 2.43. The van der Waals surface area contributed by atoms with E-state index in [9.17, 15) is 18.4 Å². The Balaban J connectivity index is 1.56. The lowest BCUT2D eigenvalue weighted by Gasteiger charge is -2.23. The molecule has 39 heavy (non-hydrogen) atoms. The minimum Gasteiger partial charge on any atom is -0.395 e. The Hall–Kier alpha value is -4.02. The van der Waals surface area contributed by atoms with E-state index in [1.807, 2.05) is 19.0 Å². The first kappa shape index (κ1) is 26.6. The number of fused-ring (bicyclic) bond motifs is 2. The molecule has 3 aromatic rings. The molecule has 2 amide bonds. The molecule has 8 nitrogen and oxygen atoms in total. The van der Waals surface area contributed by atoms with Gasteiger partial charge in [0.1, 0.15) is 5.92 Å². The molecule has 1 N–H and O–H groups in total. The molecule has 11 heteroatoms. The molecule has 3 aromatic carbocycles. The Kier molecular flexibility index (Phi) is 7.00. The van der Waals surface area contributed by atoms with Gasteiger partial charge in [-0.25, -0.2) is 0 Å². The van der Waals surface area contributed by atoms with E-state index < -0.39 is 12.2 Å². The largest absolute Gasteiger partial charge is 0.586 e. The van der Waals surface area contributed by atoms with Crippen LogP contribution in [0, 0.1) is 0 Å². The average Bonchev–Trinajstić information content (AvgIpc) is 3.35. The molecule has 0 saturated heterocycles. The number of anilines is 2. The summed E-state index contributed by atoms with van der Waals surface area (Å²) in [6, 6.07) is 16.3. The van der Waals surface area contributed by atoms with Crippen LogP contribution in [0.2, 0.25) is 5.02 Å². The van der Waals surface area contributed by atoms with Crippen LogP contribution >= 0.6 is 11.6 Å². The SMILES string of the molecule is CC(=O)N(CCN(C)C)c1ccc(N=C(c2ccc3c(c2)OC(F)(F)O3)C2C(=O)Nc3cc(Cl)ccc32)cc1. The third-order valence-electron chi connectivity index (χ3n) is 6.38. The van der Waals surface area contributed by atoms with E-state index in [2.05, 4.69) is 14.8 Å². The fraction of sp³-hybridized carbons (Fsp3) is 0.250. The maximum Gasteiger partial charge on any atom is 0.586 e. The lowest BCUT2D eigenvalue weighted by Crippen LogP contribution is -2.35. The highest BCUT2D eigenvalue weighted by molar-refractivity contribution is 6.31. The predicted octanol–water partition coefficient (Wildman–Crippen LogP) is 5.43. The number of benzene rings is 3. The van der Waals surface area contributed by atoms with E-state index in [0.717, 1.165) is 0 Å². The number of likely N-dealkylation sites (N-methyl/N-ethyl adjacent to an activating group) is 1. The molecule has 0 radical (unpaired) electrons. The molecule has 0 aromatic heterocycles. The van der Waals surface area contributed by atoms with Crippen molar-refractivity contribution in [1.29, 1.82) is 0 Å². The summed E-state index contributed by atoms with van der Waals surface area (Å²) in [5.41, 5.74) is 3.12. The van der Waals surface area contributed by atoms with Crippen molar-refractivity contribution in [3.63, 3.8) is 0 Å². The first-order chi connectivity index (χ1) is 18.5. The second kappa shape index (κ2) is 10.3. The van der Waals surface area contributed by atoms with Crippen LogP contribution in [-0.4, -0.2) is 55.9 Å². The van der Waals surface area contributed by atoms with Gasteiger partial charge in [0.2, 0.25) is 11.8 Å². The van der Waals surface area contributed by atoms with Gasteiger partial charge in [-0.2, -0.15) is 0 Å². The van der Waals surface area contributed by atoms with Crippen molar-refractivity contribution in [3.8, 4) is 11.5 Å². The van der Waals surface area contributed by atoms with Gasteiger partial charge >= 0.3 is 6.29 Å². The zero-order valence-corrected chi connectivity index (χ0v) is 22.1. The minimum atomic E-state index is -3.78. The monoisotopic (exact) mass is 554 g/mol. The standard InChI is InChI=1S/C28H25ClF2N4O4/c1-16(36)35(13-12-34(2)3)20-8-6-19(7-9-20)32-26(17-4-11-23-24(14-17)39-28(30,31)38-23)25-21-10-5-18(29)15-22(21)33-27(25)37/h4-11,14-15,25H,12-13H2,1-3H3,(H,33,37). The van der Waals surface area contributed by atoms with Crippen LogP contribution in [-0.2, 0) is 9.59 Å². The Morgan fingerprint density at radius 1 is 1.03 bits per heavy atom. The molecule has 2 heterocycles. The summed E-state index contributed by atoms with van der Waals surface area (Å²) in [5.74, 6) is -1.54. The van der Waals surface area contributed by atoms with Gasteiger partial charge in [-0.15, -0.1) is 8.78 Å². The number of aliphatic imine (C=N–C) groups is 1. The number of hydrogen-bond donors (Lipinski definition) is 1. The van der Waals surface area contributed by atoms with Crippen molar-refractivity contribution < 1.29 is 27.8 Å². The third-order valence-corrected chi connectivity index (χ3v) is 6.61. The molecule has 0 aliphatic carbocycles. The van der Waals surface area contributed by atoms with Crippen LogP contribution in [0.15, 0.2) is 65.7 Å². The fourth-order valence-electron chi connectivity index (χ4n) is 4.52. The maximum atomic E-state index is 13.7. The van der Waals surface area contributed by atoms with Crippen LogP contribution in [0.4, 0.5) is 25.8 Å². The maximum absolute atomic E-state index is 13.7. The number of amides is 2. The molecule has 0 bridgehead atoms. The number of nitrogens with one attached hydrogen (secondary N) is 1. The second-order valence-electron chi connectivity index (χ2n) is 9.47. The summed E-state index contributed by atoms with van der Waals surface area (Å²) in [6.07, 6.45) is -3.78. The highest BCUT2D eigenvalue weighted by atomic mass is 35.5. The lowest BCUT2D eigenvalue weighted by molar-refractivity contribution is -0.286. The van der Waals surface area contributed by atoms with Crippen molar-refractivity contribution in [2.24, 2.45) is 4.99 Å². The number of halogens is 3. The predicted molar refractivity (Wildman–Crippen MR) is 145 cm³/mol. The number of nitrogens with zero attached hydrogens (tertiary/aromatic N) is 3. The van der Waals surface area contributed by atoms with Gasteiger partial charge in [-0.05, 0) is 74.3 Å². The summed E-state index contributed by atoms with van der Waals surface area (Å²) >= 11 is 6.12. The van der Waals surface area contributed by atoms with Gasteiger partial charge in [-0.3, -0.25) is 14.6 Å². The number of carbonyl (C=O) groups is 2. The molecule has 0 fully saturated rings. The molecular formula is C28H25ClF2N4O4. The van der Waals surface area contributed by atoms with E-state index in [0.29, 0.717) is 52.0 Å². The molecule has 1 unspecified atom stereocenters. The van der Waals surface area contributed by atoms with E-state index in [1.165, 1.54) is 19.1 Å². The molecule has 0 saturated carbocycles. The first-order valence-electron chi connectivity index (χ1n) is 12.1. The molecular weight excluding hydrogens is 530 g/mol. The molecule has 5 rings (SSSR count). The van der Waals surface area contributed by atoms with E-state index >= 15 is 0 Å². The summed E-state index contributed by atoms with van der Waals surface area (Å²) in [4.78, 5) is 33.9. The highest BCUT2D eigenvalue weighted by Gasteiger charge is 2.44. The number of hydrogen-bond acceptors (Lipinski definition) is 6. The van der Waals surface area contributed by atoms with Crippen molar-refractivity contribution in [3.05, 3.63) is 76.8 Å². The van der Waals surface area contributed by atoms with Gasteiger partial charge in [0.05, 0.1) is 11.4 Å². The summed E-state index contributed by atoms with van der Waals surface area (Å²) in [5, 5.41) is 3.28. The number of ether oxygens (including phenoxy) is 2. The zero-order chi connectivity index (χ0) is 27.9. The van der Waals surface area contributed by atoms with Crippen LogP contribution in [0.3, 0.4) is 0 Å². The average molecular weight is 555 g/mol. The van der Waals surface area contributed by atoms with E-state index in [4.69, 9.17) is 16.6 Å². The Morgan fingerprint density at radius 3 is 2.44 bits per heavy atom. The molecule has 202 valence electrons. The molecule has 2 aliphatic rings. The van der Waals surface area contributed by atoms with Crippen LogP contribution < -0.4 is 19.7 Å². The second-order valence-corrected chi connectivity index (χ2v) is 9.91. The zero-order valence-electron chi connectivity index (χ0n) is 21.4. The van der Waals surface area contributed by atoms with Crippen LogP contribution in [0.1, 0.15) is 24.0 Å². The molecule has 1 atom stereocenters. The Bertz CT molecular complexity index is 1480. The van der Waals surface area contributed by atoms with Crippen molar-refractivity contribution in [2.45, 2.75) is 19.1 Å². The lowest BCUT2D eigenvalue weighted by atomic mass is 9.90. The normalized spacial score (nSPS) is 17.3. The quantitative estimate of drug-likeness (QED) is 0.394. The Morgan fingerprint density at radius 2 is 1.74 bits per heavy atom. The Labute approximate surface area is 228 Å². The molecule has 2 aliphatic heterocycles. The van der Waals surface area contributed by atoms with Gasteiger partial charge < -0.3 is 24.6 Å². The number of rotatable bonds is 7. The summed E-state index contributed by atoms with van der Waals surface area (Å²) in [7, 11) is 3.86. The van der Waals surface area contributed by atoms with E-state index in [1.54, 1.807) is 53.4 Å². The van der Waals surface area contributed by atoms with Crippen LogP contribution in [0.25, 0.3) is 0 Å². The topological polar surface area (TPSA) is 83.5 Å². The van der Waals surface area contributed by atoms with Crippen molar-refractivity contribution >= 4 is 46.2 Å². The van der Waals surface area contributed by atoms with Crippen LogP contribution in [0.5, 0.6) is 11.5 Å². The van der Waals surface area contributed by atoms with Crippen molar-refractivity contribution in [1.82, 2.24) is 4.90 Å². The fourth-order valence-corrected chi connectivity index (χ4v) is 4.70. The smallest absolute Gasteiger partial charge is 0.395 e. The van der Waals surface area contributed by atoms with Gasteiger partial charge in [0.15, 0.2) is 11.5 Å². The van der Waals surface area contributed by atoms with Crippen molar-refractivity contribution in [2.75, 3.05) is 37.4 Å². The first-order valence-corrected chi connectivity index (χ1v) is 12.5. The third kappa shape index (κ3) is 5.57. The number of alkyl halides is 2. The summed E-state index contributed by atoms with van der Waals surface area (Å²) in [6.45, 7) is 2.71. The number of carbonyl (C=O) groups excluding carboxylic acids is 2. The minimum absolute atomic E-state index is 0.0937. The summed E-state index contributed by atoms with van der Waals surface area (Å²) < 4.78 is 36.6. The molecule has 0 spiro atoms. The van der Waals surface area contributed by atoms with E-state index in [-0.39, 0.29) is 23.3 Å². The van der Waals surface area contributed by atoms with Gasteiger partial charge in [0, 0.05) is 42.0 Å². The van der Waals surface area contributed by atoms with Gasteiger partial charge in [-0.1, -0.05) is 17.7 Å².